The van der Waals surface area contributed by atoms with Gasteiger partial charge in [-0.05, 0) is 50.5 Å². The highest BCUT2D eigenvalue weighted by atomic mass is 16.5. The van der Waals surface area contributed by atoms with E-state index in [1.54, 1.807) is 36.4 Å². The highest BCUT2D eigenvalue weighted by Gasteiger charge is 2.20. The van der Waals surface area contributed by atoms with Gasteiger partial charge in [-0.1, -0.05) is 24.3 Å². The molecular weight excluding hydrogens is 380 g/mol. The standard InChI is InChI=1S/C18H22N2O3.C6H6O/c1-19(2)8-10-22-16-5-3-4-14(12-16)20-9-11-23-18-13-15(21)6-7-17(18)20;7-6-4-2-1-3-5-6/h3-7,12-13,21H,8-11H2,1-2H3;1-5,7H. The summed E-state index contributed by atoms with van der Waals surface area (Å²) in [5, 5.41) is 18.2. The van der Waals surface area contributed by atoms with Crippen molar-refractivity contribution >= 4 is 11.4 Å². The lowest BCUT2D eigenvalue weighted by Crippen LogP contribution is -2.28. The molecule has 1 aliphatic heterocycles. The van der Waals surface area contributed by atoms with Gasteiger partial charge in [0.15, 0.2) is 0 Å². The summed E-state index contributed by atoms with van der Waals surface area (Å²) in [7, 11) is 4.06. The van der Waals surface area contributed by atoms with Crippen LogP contribution < -0.4 is 14.4 Å². The van der Waals surface area contributed by atoms with E-state index in [0.717, 1.165) is 30.2 Å². The number of hydrogen-bond acceptors (Lipinski definition) is 6. The van der Waals surface area contributed by atoms with Crippen LogP contribution >= 0.6 is 0 Å². The third kappa shape index (κ3) is 6.06. The third-order valence-electron chi connectivity index (χ3n) is 4.50. The summed E-state index contributed by atoms with van der Waals surface area (Å²) in [5.41, 5.74) is 2.02. The van der Waals surface area contributed by atoms with E-state index < -0.39 is 0 Å². The van der Waals surface area contributed by atoms with Gasteiger partial charge in [0, 0.05) is 24.4 Å². The molecule has 0 bridgehead atoms. The van der Waals surface area contributed by atoms with Crippen LogP contribution in [0.15, 0.2) is 72.8 Å². The molecule has 0 atom stereocenters. The van der Waals surface area contributed by atoms with Crippen LogP contribution in [0.25, 0.3) is 0 Å². The van der Waals surface area contributed by atoms with E-state index in [2.05, 4.69) is 15.9 Å². The first-order valence-corrected chi connectivity index (χ1v) is 9.88. The molecule has 0 unspecified atom stereocenters. The van der Waals surface area contributed by atoms with E-state index >= 15 is 0 Å². The second-order valence-corrected chi connectivity index (χ2v) is 7.14. The molecule has 4 rings (SSSR count). The fraction of sp³-hybridized carbons (Fsp3) is 0.250. The number of phenolic OH excluding ortho intramolecular Hbond substituents is 2. The van der Waals surface area contributed by atoms with Gasteiger partial charge in [-0.2, -0.15) is 0 Å². The number of benzene rings is 3. The van der Waals surface area contributed by atoms with Crippen molar-refractivity contribution in [1.29, 1.82) is 0 Å². The monoisotopic (exact) mass is 408 g/mol. The van der Waals surface area contributed by atoms with E-state index in [4.69, 9.17) is 14.6 Å². The van der Waals surface area contributed by atoms with Crippen LogP contribution in [0, 0.1) is 0 Å². The zero-order valence-electron chi connectivity index (χ0n) is 17.4. The minimum atomic E-state index is 0.214. The van der Waals surface area contributed by atoms with Crippen LogP contribution in [0.2, 0.25) is 0 Å². The van der Waals surface area contributed by atoms with E-state index in [9.17, 15) is 5.11 Å². The number of aromatic hydroxyl groups is 2. The summed E-state index contributed by atoms with van der Waals surface area (Å²) in [4.78, 5) is 4.27. The Morgan fingerprint density at radius 3 is 2.43 bits per heavy atom. The summed E-state index contributed by atoms with van der Waals surface area (Å²) in [6, 6.07) is 22.0. The van der Waals surface area contributed by atoms with Crippen molar-refractivity contribution in [2.75, 3.05) is 45.3 Å². The summed E-state index contributed by atoms with van der Waals surface area (Å²) in [6.07, 6.45) is 0. The van der Waals surface area contributed by atoms with Crippen LogP contribution in [0.4, 0.5) is 11.4 Å². The maximum Gasteiger partial charge on any atom is 0.146 e. The van der Waals surface area contributed by atoms with E-state index in [1.807, 2.05) is 44.4 Å². The van der Waals surface area contributed by atoms with E-state index in [1.165, 1.54) is 0 Å². The van der Waals surface area contributed by atoms with Gasteiger partial charge >= 0.3 is 0 Å². The minimum absolute atomic E-state index is 0.214. The molecule has 0 fully saturated rings. The maximum atomic E-state index is 9.61. The Hall–Kier alpha value is -3.38. The largest absolute Gasteiger partial charge is 0.508 e. The Balaban J connectivity index is 0.000000310. The van der Waals surface area contributed by atoms with Crippen LogP contribution in [-0.2, 0) is 0 Å². The zero-order valence-corrected chi connectivity index (χ0v) is 17.4. The number of hydrogen-bond donors (Lipinski definition) is 2. The normalized spacial score (nSPS) is 12.4. The first-order chi connectivity index (χ1) is 14.5. The zero-order chi connectivity index (χ0) is 21.3. The number of nitrogens with zero attached hydrogens (tertiary/aromatic N) is 2. The number of likely N-dealkylation sites (N-methyl/N-ethyl adjacent to an activating group) is 1. The van der Waals surface area contributed by atoms with Gasteiger partial charge in [-0.3, -0.25) is 0 Å². The van der Waals surface area contributed by atoms with Gasteiger partial charge < -0.3 is 29.5 Å². The Kier molecular flexibility index (Phi) is 7.40. The van der Waals surface area contributed by atoms with Crippen molar-refractivity contribution in [3.63, 3.8) is 0 Å². The molecule has 3 aromatic carbocycles. The Bertz CT molecular complexity index is 931. The lowest BCUT2D eigenvalue weighted by atomic mass is 10.2. The highest BCUT2D eigenvalue weighted by Crippen LogP contribution is 2.39. The van der Waals surface area contributed by atoms with Crippen LogP contribution in [0.1, 0.15) is 0 Å². The summed E-state index contributed by atoms with van der Waals surface area (Å²) < 4.78 is 11.5. The molecule has 1 heterocycles. The van der Waals surface area contributed by atoms with Crippen molar-refractivity contribution in [2.24, 2.45) is 0 Å². The first kappa shape index (κ1) is 21.3. The quantitative estimate of drug-likeness (QED) is 0.658. The molecule has 30 heavy (non-hydrogen) atoms. The average molecular weight is 408 g/mol. The van der Waals surface area contributed by atoms with Crippen LogP contribution in [0.3, 0.4) is 0 Å². The topological polar surface area (TPSA) is 65.4 Å². The Morgan fingerprint density at radius 2 is 1.73 bits per heavy atom. The van der Waals surface area contributed by atoms with Gasteiger partial charge in [0.25, 0.3) is 0 Å². The molecule has 158 valence electrons. The van der Waals surface area contributed by atoms with Gasteiger partial charge in [0.1, 0.15) is 36.2 Å². The van der Waals surface area contributed by atoms with Gasteiger partial charge in [0.05, 0.1) is 12.2 Å². The van der Waals surface area contributed by atoms with E-state index in [0.29, 0.717) is 24.7 Å². The molecule has 0 amide bonds. The Labute approximate surface area is 177 Å². The van der Waals surface area contributed by atoms with Crippen molar-refractivity contribution in [1.82, 2.24) is 4.90 Å². The van der Waals surface area contributed by atoms with Gasteiger partial charge in [-0.25, -0.2) is 0 Å². The maximum absolute atomic E-state index is 9.61. The molecule has 0 radical (unpaired) electrons. The predicted octanol–water partition coefficient (Wildman–Crippen LogP) is 4.26. The Morgan fingerprint density at radius 1 is 0.933 bits per heavy atom. The van der Waals surface area contributed by atoms with Crippen molar-refractivity contribution in [3.8, 4) is 23.0 Å². The fourth-order valence-corrected chi connectivity index (χ4v) is 2.99. The van der Waals surface area contributed by atoms with Crippen LogP contribution in [0.5, 0.6) is 23.0 Å². The summed E-state index contributed by atoms with van der Waals surface area (Å²) in [6.45, 7) is 2.88. The van der Waals surface area contributed by atoms with Crippen molar-refractivity contribution in [3.05, 3.63) is 72.8 Å². The molecule has 0 saturated heterocycles. The van der Waals surface area contributed by atoms with Gasteiger partial charge in [-0.15, -0.1) is 0 Å². The molecule has 1 aliphatic rings. The fourth-order valence-electron chi connectivity index (χ4n) is 2.99. The number of rotatable bonds is 5. The molecule has 2 N–H and O–H groups in total. The molecule has 6 heteroatoms. The first-order valence-electron chi connectivity index (χ1n) is 9.88. The SMILES string of the molecule is CN(C)CCOc1cccc(N2CCOc3cc(O)ccc32)c1.Oc1ccccc1. The second kappa shape index (κ2) is 10.4. The number of anilines is 2. The number of ether oxygens (including phenoxy) is 2. The van der Waals surface area contributed by atoms with Gasteiger partial charge in [0.2, 0.25) is 0 Å². The predicted molar refractivity (Wildman–Crippen MR) is 119 cm³/mol. The molecule has 0 aliphatic carbocycles. The average Bonchev–Trinajstić information content (AvgIpc) is 2.74. The van der Waals surface area contributed by atoms with Crippen molar-refractivity contribution in [2.45, 2.75) is 0 Å². The number of para-hydroxylation sites is 1. The molecular formula is C24H28N2O4. The highest BCUT2D eigenvalue weighted by molar-refractivity contribution is 5.72. The summed E-state index contributed by atoms with van der Waals surface area (Å²) in [5.74, 6) is 2.10. The number of phenols is 2. The molecule has 6 nitrogen and oxygen atoms in total. The lowest BCUT2D eigenvalue weighted by molar-refractivity contribution is 0.261. The summed E-state index contributed by atoms with van der Waals surface area (Å²) >= 11 is 0. The minimum Gasteiger partial charge on any atom is -0.508 e. The lowest BCUT2D eigenvalue weighted by Gasteiger charge is -2.31. The van der Waals surface area contributed by atoms with Crippen molar-refractivity contribution < 1.29 is 19.7 Å². The number of fused-ring (bicyclic) bond motifs is 1. The molecule has 0 aromatic heterocycles. The smallest absolute Gasteiger partial charge is 0.146 e. The third-order valence-corrected chi connectivity index (χ3v) is 4.50. The van der Waals surface area contributed by atoms with E-state index in [-0.39, 0.29) is 5.75 Å². The van der Waals surface area contributed by atoms with Crippen LogP contribution in [-0.4, -0.2) is 55.5 Å². The molecule has 0 spiro atoms. The molecule has 3 aromatic rings. The molecule has 0 saturated carbocycles. The second-order valence-electron chi connectivity index (χ2n) is 7.14.